The van der Waals surface area contributed by atoms with E-state index >= 15 is 0 Å². The monoisotopic (exact) mass is 489 g/mol. The fraction of sp³-hybridized carbons (Fsp3) is 0.435. The molecule has 2 aliphatic carbocycles. The lowest BCUT2D eigenvalue weighted by Crippen LogP contribution is -2.47. The van der Waals surface area contributed by atoms with Gasteiger partial charge in [0, 0.05) is 23.8 Å². The fourth-order valence-corrected chi connectivity index (χ4v) is 4.70. The van der Waals surface area contributed by atoms with Crippen molar-refractivity contribution in [1.82, 2.24) is 18.9 Å². The molecule has 0 amide bonds. The summed E-state index contributed by atoms with van der Waals surface area (Å²) in [4.78, 5) is 37.9. The van der Waals surface area contributed by atoms with E-state index in [2.05, 4.69) is 5.10 Å². The van der Waals surface area contributed by atoms with Crippen LogP contribution in [0.25, 0.3) is 11.3 Å². The second-order valence-corrected chi connectivity index (χ2v) is 9.03. The molecule has 3 aromatic rings. The molecule has 0 saturated heterocycles. The lowest BCUT2D eigenvalue weighted by Gasteiger charge is -2.32. The standard InChI is InChI=1S/C23H22F3N5O4/c24-23(25,26)18-10-2-1-5-14(18)12-28-13-15(11-27-28)19-20(31(34)35)21(32)30(17-8-4-9-17)22(33)29(19)16-6-3-7-16/h1-2,5,10-11,13,16-17H,3-4,6-9,12H2. The quantitative estimate of drug-likeness (QED) is 0.379. The maximum Gasteiger partial charge on any atom is 0.416 e. The van der Waals surface area contributed by atoms with Crippen molar-refractivity contribution >= 4 is 5.69 Å². The third-order valence-electron chi connectivity index (χ3n) is 6.92. The minimum absolute atomic E-state index is 0.0269. The van der Waals surface area contributed by atoms with E-state index in [1.807, 2.05) is 0 Å². The first-order valence-electron chi connectivity index (χ1n) is 11.4. The average Bonchev–Trinajstić information content (AvgIpc) is 3.17. The van der Waals surface area contributed by atoms with Gasteiger partial charge in [-0.25, -0.2) is 4.79 Å². The SMILES string of the molecule is O=c1c([N+](=O)[O-])c(-c2cnn(Cc3ccccc3C(F)(F)F)c2)n(C2CCC2)c(=O)n1C1CCC1. The maximum absolute atomic E-state index is 13.4. The van der Waals surface area contributed by atoms with Crippen LogP contribution in [-0.4, -0.2) is 23.8 Å². The van der Waals surface area contributed by atoms with E-state index in [0.29, 0.717) is 25.7 Å². The van der Waals surface area contributed by atoms with E-state index in [9.17, 15) is 32.9 Å². The summed E-state index contributed by atoms with van der Waals surface area (Å²) in [6.07, 6.45) is 2.21. The molecule has 9 nitrogen and oxygen atoms in total. The van der Waals surface area contributed by atoms with Crippen LogP contribution >= 0.6 is 0 Å². The van der Waals surface area contributed by atoms with Crippen LogP contribution in [0.1, 0.15) is 61.7 Å². The van der Waals surface area contributed by atoms with E-state index in [4.69, 9.17) is 0 Å². The average molecular weight is 489 g/mol. The van der Waals surface area contributed by atoms with Gasteiger partial charge in [-0.1, -0.05) is 18.2 Å². The molecule has 1 aromatic carbocycles. The number of aromatic nitrogens is 4. The van der Waals surface area contributed by atoms with Crippen LogP contribution in [0.3, 0.4) is 0 Å². The van der Waals surface area contributed by atoms with Gasteiger partial charge in [-0.3, -0.25) is 28.7 Å². The molecule has 0 radical (unpaired) electrons. The van der Waals surface area contributed by atoms with E-state index < -0.39 is 33.6 Å². The van der Waals surface area contributed by atoms with Gasteiger partial charge in [-0.2, -0.15) is 18.3 Å². The highest BCUT2D eigenvalue weighted by Gasteiger charge is 2.37. The van der Waals surface area contributed by atoms with E-state index in [1.165, 1.54) is 39.8 Å². The Bertz CT molecular complexity index is 1410. The zero-order chi connectivity index (χ0) is 24.9. The smallest absolute Gasteiger partial charge is 0.284 e. The van der Waals surface area contributed by atoms with Gasteiger partial charge < -0.3 is 0 Å². The molecule has 0 bridgehead atoms. The summed E-state index contributed by atoms with van der Waals surface area (Å²) in [5.41, 5.74) is -3.08. The topological polar surface area (TPSA) is 105 Å². The third-order valence-corrected chi connectivity index (χ3v) is 6.92. The largest absolute Gasteiger partial charge is 0.416 e. The number of nitrogens with zero attached hydrogens (tertiary/aromatic N) is 5. The number of alkyl halides is 3. The first-order chi connectivity index (χ1) is 16.7. The summed E-state index contributed by atoms with van der Waals surface area (Å²) in [7, 11) is 0. The first-order valence-corrected chi connectivity index (χ1v) is 11.4. The van der Waals surface area contributed by atoms with E-state index in [-0.39, 0.29) is 35.4 Å². The highest BCUT2D eigenvalue weighted by molar-refractivity contribution is 5.68. The number of nitro groups is 1. The molecule has 2 fully saturated rings. The molecule has 2 aromatic heterocycles. The van der Waals surface area contributed by atoms with Crippen molar-refractivity contribution < 1.29 is 18.1 Å². The molecule has 0 unspecified atom stereocenters. The minimum atomic E-state index is -4.55. The molecule has 0 N–H and O–H groups in total. The molecule has 0 atom stereocenters. The maximum atomic E-state index is 13.4. The Kier molecular flexibility index (Phi) is 5.60. The summed E-state index contributed by atoms with van der Waals surface area (Å²) < 4.78 is 43.7. The zero-order valence-electron chi connectivity index (χ0n) is 18.6. The minimum Gasteiger partial charge on any atom is -0.284 e. The van der Waals surface area contributed by atoms with Crippen molar-refractivity contribution in [3.8, 4) is 11.3 Å². The van der Waals surface area contributed by atoms with Gasteiger partial charge in [0.1, 0.15) is 5.69 Å². The van der Waals surface area contributed by atoms with Crippen molar-refractivity contribution in [3.63, 3.8) is 0 Å². The summed E-state index contributed by atoms with van der Waals surface area (Å²) in [5.74, 6) is 0. The van der Waals surface area contributed by atoms with Gasteiger partial charge in [0.05, 0.1) is 23.2 Å². The molecule has 2 heterocycles. The van der Waals surface area contributed by atoms with Gasteiger partial charge in [-0.05, 0) is 50.2 Å². The molecule has 35 heavy (non-hydrogen) atoms. The first kappa shape index (κ1) is 23.1. The summed E-state index contributed by atoms with van der Waals surface area (Å²) in [5, 5.41) is 16.2. The van der Waals surface area contributed by atoms with Crippen LogP contribution in [0.15, 0.2) is 46.2 Å². The molecular formula is C23H22F3N5O4. The van der Waals surface area contributed by atoms with Crippen LogP contribution < -0.4 is 11.2 Å². The lowest BCUT2D eigenvalue weighted by molar-refractivity contribution is -0.386. The summed E-state index contributed by atoms with van der Waals surface area (Å²) in [6, 6.07) is 4.41. The van der Waals surface area contributed by atoms with Crippen molar-refractivity contribution in [1.29, 1.82) is 0 Å². The highest BCUT2D eigenvalue weighted by Crippen LogP contribution is 2.38. The van der Waals surface area contributed by atoms with Crippen LogP contribution in [0.2, 0.25) is 0 Å². The number of hydrogen-bond donors (Lipinski definition) is 0. The zero-order valence-corrected chi connectivity index (χ0v) is 18.6. The predicted octanol–water partition coefficient (Wildman–Crippen LogP) is 4.30. The third kappa shape index (κ3) is 3.96. The Morgan fingerprint density at radius 3 is 2.23 bits per heavy atom. The Balaban J connectivity index is 1.64. The van der Waals surface area contributed by atoms with Crippen LogP contribution in [0.4, 0.5) is 18.9 Å². The van der Waals surface area contributed by atoms with Crippen molar-refractivity contribution in [2.24, 2.45) is 0 Å². The molecule has 0 aliphatic heterocycles. The summed E-state index contributed by atoms with van der Waals surface area (Å²) in [6.45, 7) is -0.240. The molecule has 184 valence electrons. The Morgan fingerprint density at radius 2 is 1.66 bits per heavy atom. The van der Waals surface area contributed by atoms with Gasteiger partial charge in [0.25, 0.3) is 0 Å². The van der Waals surface area contributed by atoms with Gasteiger partial charge in [0.15, 0.2) is 0 Å². The van der Waals surface area contributed by atoms with E-state index in [1.54, 1.807) is 0 Å². The highest BCUT2D eigenvalue weighted by atomic mass is 19.4. The number of halogens is 3. The molecule has 5 rings (SSSR count). The predicted molar refractivity (Wildman–Crippen MR) is 119 cm³/mol. The Labute approximate surface area is 196 Å². The van der Waals surface area contributed by atoms with Gasteiger partial charge in [0.2, 0.25) is 0 Å². The number of rotatable bonds is 6. The number of benzene rings is 1. The fourth-order valence-electron chi connectivity index (χ4n) is 4.70. The molecule has 0 spiro atoms. The van der Waals surface area contributed by atoms with Crippen molar-refractivity contribution in [2.75, 3.05) is 0 Å². The molecular weight excluding hydrogens is 467 g/mol. The normalized spacial score (nSPS) is 16.7. The van der Waals surface area contributed by atoms with Gasteiger partial charge >= 0.3 is 23.1 Å². The summed E-state index contributed by atoms with van der Waals surface area (Å²) >= 11 is 0. The second kappa shape index (κ2) is 8.51. The number of hydrogen-bond acceptors (Lipinski definition) is 5. The Morgan fingerprint density at radius 1 is 1.03 bits per heavy atom. The van der Waals surface area contributed by atoms with Crippen LogP contribution in [0.5, 0.6) is 0 Å². The Hall–Kier alpha value is -3.70. The molecule has 2 saturated carbocycles. The molecule has 12 heteroatoms. The van der Waals surface area contributed by atoms with Crippen LogP contribution in [-0.2, 0) is 12.7 Å². The second-order valence-electron chi connectivity index (χ2n) is 9.03. The lowest BCUT2D eigenvalue weighted by atomic mass is 9.91. The van der Waals surface area contributed by atoms with Gasteiger partial charge in [-0.15, -0.1) is 0 Å². The molecule has 2 aliphatic rings. The van der Waals surface area contributed by atoms with Crippen molar-refractivity contribution in [3.05, 3.63) is 78.7 Å². The van der Waals surface area contributed by atoms with Crippen LogP contribution in [0, 0.1) is 10.1 Å². The van der Waals surface area contributed by atoms with E-state index in [0.717, 1.165) is 23.5 Å². The van der Waals surface area contributed by atoms with Crippen molar-refractivity contribution in [2.45, 2.75) is 63.3 Å².